The van der Waals surface area contributed by atoms with Gasteiger partial charge < -0.3 is 23.7 Å². The highest BCUT2D eigenvalue weighted by molar-refractivity contribution is 6.31. The number of aliphatic hydroxyl groups excluding tert-OH is 1. The highest BCUT2D eigenvalue weighted by Crippen LogP contribution is 2.27. The van der Waals surface area contributed by atoms with Crippen molar-refractivity contribution < 1.29 is 28.5 Å². The van der Waals surface area contributed by atoms with Gasteiger partial charge in [-0.3, -0.25) is 4.79 Å². The Balaban J connectivity index is 2.11. The Bertz CT molecular complexity index is 784. The number of hydrogen-bond acceptors (Lipinski definition) is 7. The van der Waals surface area contributed by atoms with Gasteiger partial charge in [-0.05, 0) is 18.6 Å². The second-order valence-corrected chi connectivity index (χ2v) is 5.55. The number of aliphatic hydroxyl groups is 1. The SMILES string of the molecule is CC(=O)Oc1ccc2c(COCCCOCCO)c(Cl)c(=O)oc2c1. The van der Waals surface area contributed by atoms with Crippen molar-refractivity contribution in [2.24, 2.45) is 0 Å². The molecule has 0 unspecified atom stereocenters. The van der Waals surface area contributed by atoms with Gasteiger partial charge in [-0.1, -0.05) is 11.6 Å². The van der Waals surface area contributed by atoms with Crippen molar-refractivity contribution in [3.63, 3.8) is 0 Å². The zero-order chi connectivity index (χ0) is 18.2. The minimum Gasteiger partial charge on any atom is -0.427 e. The molecule has 2 aromatic rings. The third-order valence-corrected chi connectivity index (χ3v) is 3.63. The lowest BCUT2D eigenvalue weighted by atomic mass is 10.1. The number of rotatable bonds is 9. The Morgan fingerprint density at radius 1 is 1.24 bits per heavy atom. The van der Waals surface area contributed by atoms with E-state index in [9.17, 15) is 9.59 Å². The average molecular weight is 371 g/mol. The van der Waals surface area contributed by atoms with Crippen molar-refractivity contribution in [3.8, 4) is 5.75 Å². The van der Waals surface area contributed by atoms with Gasteiger partial charge in [0.1, 0.15) is 16.4 Å². The molecule has 0 amide bonds. The number of carbonyl (C=O) groups excluding carboxylic acids is 1. The summed E-state index contributed by atoms with van der Waals surface area (Å²) in [6.07, 6.45) is 0.646. The molecule has 1 heterocycles. The molecule has 0 aliphatic rings. The van der Waals surface area contributed by atoms with Crippen molar-refractivity contribution in [2.45, 2.75) is 20.0 Å². The van der Waals surface area contributed by atoms with Gasteiger partial charge in [0, 0.05) is 37.2 Å². The molecule has 0 bridgehead atoms. The maximum absolute atomic E-state index is 11.9. The molecule has 0 atom stereocenters. The van der Waals surface area contributed by atoms with Gasteiger partial charge in [0.15, 0.2) is 0 Å². The molecule has 0 radical (unpaired) electrons. The number of carbonyl (C=O) groups is 1. The van der Waals surface area contributed by atoms with Crippen LogP contribution in [0.2, 0.25) is 5.02 Å². The zero-order valence-electron chi connectivity index (χ0n) is 13.7. The van der Waals surface area contributed by atoms with Gasteiger partial charge in [-0.15, -0.1) is 0 Å². The zero-order valence-corrected chi connectivity index (χ0v) is 14.5. The molecule has 0 aliphatic carbocycles. The van der Waals surface area contributed by atoms with Crippen LogP contribution in [0.1, 0.15) is 18.9 Å². The van der Waals surface area contributed by atoms with E-state index in [1.807, 2.05) is 0 Å². The van der Waals surface area contributed by atoms with E-state index in [4.69, 9.17) is 35.3 Å². The summed E-state index contributed by atoms with van der Waals surface area (Å²) in [6, 6.07) is 4.71. The van der Waals surface area contributed by atoms with E-state index >= 15 is 0 Å². The van der Waals surface area contributed by atoms with E-state index in [2.05, 4.69) is 0 Å². The first-order valence-corrected chi connectivity index (χ1v) is 8.10. The van der Waals surface area contributed by atoms with Crippen LogP contribution in [0.15, 0.2) is 27.4 Å². The summed E-state index contributed by atoms with van der Waals surface area (Å²) in [5.41, 5.74) is 0.0932. The number of halogens is 1. The third kappa shape index (κ3) is 5.54. The lowest BCUT2D eigenvalue weighted by Crippen LogP contribution is -2.08. The second kappa shape index (κ2) is 9.53. The van der Waals surface area contributed by atoms with E-state index in [0.29, 0.717) is 37.2 Å². The first-order valence-electron chi connectivity index (χ1n) is 7.73. The summed E-state index contributed by atoms with van der Waals surface area (Å²) in [4.78, 5) is 22.9. The molecule has 0 fully saturated rings. The van der Waals surface area contributed by atoms with Gasteiger partial charge in [0.05, 0.1) is 19.8 Å². The van der Waals surface area contributed by atoms with E-state index in [-0.39, 0.29) is 29.6 Å². The molecule has 8 heteroatoms. The smallest absolute Gasteiger partial charge is 0.355 e. The van der Waals surface area contributed by atoms with Gasteiger partial charge in [-0.2, -0.15) is 0 Å². The number of fused-ring (bicyclic) bond motifs is 1. The first kappa shape index (κ1) is 19.4. The van der Waals surface area contributed by atoms with Gasteiger partial charge >= 0.3 is 11.6 Å². The summed E-state index contributed by atoms with van der Waals surface area (Å²) in [5, 5.41) is 9.18. The van der Waals surface area contributed by atoms with Crippen molar-refractivity contribution in [1.29, 1.82) is 0 Å². The van der Waals surface area contributed by atoms with Crippen molar-refractivity contribution in [3.05, 3.63) is 39.2 Å². The maximum atomic E-state index is 11.9. The average Bonchev–Trinajstić information content (AvgIpc) is 2.56. The van der Waals surface area contributed by atoms with Crippen LogP contribution in [0.25, 0.3) is 11.0 Å². The number of hydrogen-bond donors (Lipinski definition) is 1. The normalized spacial score (nSPS) is 11.0. The summed E-state index contributed by atoms with van der Waals surface area (Å²) in [5.74, 6) is -0.194. The summed E-state index contributed by atoms with van der Waals surface area (Å²) < 4.78 is 20.8. The molecule has 0 aliphatic heterocycles. The third-order valence-electron chi connectivity index (χ3n) is 3.25. The maximum Gasteiger partial charge on any atom is 0.355 e. The molecular formula is C17H19ClO7. The highest BCUT2D eigenvalue weighted by Gasteiger charge is 2.14. The Morgan fingerprint density at radius 2 is 2.00 bits per heavy atom. The molecule has 1 N–H and O–H groups in total. The predicted octanol–water partition coefficient (Wildman–Crippen LogP) is 2.29. The Labute approximate surface area is 149 Å². The van der Waals surface area contributed by atoms with E-state index in [1.54, 1.807) is 12.1 Å². The number of ether oxygens (including phenoxy) is 3. The molecule has 0 spiro atoms. The number of esters is 1. The lowest BCUT2D eigenvalue weighted by molar-refractivity contribution is -0.131. The van der Waals surface area contributed by atoms with Crippen LogP contribution in [0, 0.1) is 0 Å². The summed E-state index contributed by atoms with van der Waals surface area (Å²) in [7, 11) is 0. The van der Waals surface area contributed by atoms with Crippen molar-refractivity contribution in [2.75, 3.05) is 26.4 Å². The van der Waals surface area contributed by atoms with Crippen LogP contribution in [-0.2, 0) is 20.9 Å². The molecule has 2 rings (SSSR count). The molecule has 1 aromatic heterocycles. The summed E-state index contributed by atoms with van der Waals surface area (Å²) in [6.45, 7) is 2.57. The molecule has 1 aromatic carbocycles. The van der Waals surface area contributed by atoms with E-state index < -0.39 is 11.6 Å². The fourth-order valence-corrected chi connectivity index (χ4v) is 2.39. The lowest BCUT2D eigenvalue weighted by Gasteiger charge is -2.10. The summed E-state index contributed by atoms with van der Waals surface area (Å²) >= 11 is 6.05. The highest BCUT2D eigenvalue weighted by atomic mass is 35.5. The molecule has 136 valence electrons. The Hall–Kier alpha value is -1.93. The van der Waals surface area contributed by atoms with Crippen LogP contribution in [0.3, 0.4) is 0 Å². The van der Waals surface area contributed by atoms with Gasteiger partial charge in [0.25, 0.3) is 0 Å². The molecule has 0 saturated heterocycles. The molecular weight excluding hydrogens is 352 g/mol. The molecule has 25 heavy (non-hydrogen) atoms. The van der Waals surface area contributed by atoms with Crippen LogP contribution in [0.5, 0.6) is 5.75 Å². The van der Waals surface area contributed by atoms with Crippen LogP contribution in [0.4, 0.5) is 0 Å². The minimum absolute atomic E-state index is 0.0163. The van der Waals surface area contributed by atoms with Crippen molar-refractivity contribution >= 4 is 28.5 Å². The predicted molar refractivity (Wildman–Crippen MR) is 91.0 cm³/mol. The topological polar surface area (TPSA) is 95.2 Å². The van der Waals surface area contributed by atoms with Crippen LogP contribution in [-0.4, -0.2) is 37.5 Å². The van der Waals surface area contributed by atoms with Crippen molar-refractivity contribution in [1.82, 2.24) is 0 Å². The molecule has 7 nitrogen and oxygen atoms in total. The fourth-order valence-electron chi connectivity index (χ4n) is 2.20. The largest absolute Gasteiger partial charge is 0.427 e. The second-order valence-electron chi connectivity index (χ2n) is 5.18. The molecule has 0 saturated carbocycles. The van der Waals surface area contributed by atoms with Crippen LogP contribution < -0.4 is 10.4 Å². The first-order chi connectivity index (χ1) is 12.0. The fraction of sp³-hybridized carbons (Fsp3) is 0.412. The quantitative estimate of drug-likeness (QED) is 0.313. The van der Waals surface area contributed by atoms with Crippen LogP contribution >= 0.6 is 11.6 Å². The number of benzene rings is 1. The van der Waals surface area contributed by atoms with Gasteiger partial charge in [0.2, 0.25) is 0 Å². The van der Waals surface area contributed by atoms with E-state index in [0.717, 1.165) is 0 Å². The standard InChI is InChI=1S/C17H19ClO7/c1-11(20)24-12-3-4-13-14(10-23-7-2-6-22-8-5-19)16(18)17(21)25-15(13)9-12/h3-4,9,19H,2,5-8,10H2,1H3. The monoisotopic (exact) mass is 370 g/mol. The van der Waals surface area contributed by atoms with E-state index in [1.165, 1.54) is 13.0 Å². The Kier molecular flexibility index (Phi) is 7.39. The Morgan fingerprint density at radius 3 is 2.72 bits per heavy atom. The minimum atomic E-state index is -0.681. The van der Waals surface area contributed by atoms with Gasteiger partial charge in [-0.25, -0.2) is 4.79 Å².